The topological polar surface area (TPSA) is 169 Å². The number of nitrogens with one attached hydrogen (secondary N) is 4. The van der Waals surface area contributed by atoms with Gasteiger partial charge >= 0.3 is 12.0 Å². The second-order valence-corrected chi connectivity index (χ2v) is 7.24. The Labute approximate surface area is 232 Å². The van der Waals surface area contributed by atoms with Gasteiger partial charge in [0.05, 0.1) is 12.6 Å². The first-order valence-corrected chi connectivity index (χ1v) is 10.6. The Morgan fingerprint density at radius 3 is 2.09 bits per heavy atom. The number of anilines is 1. The first-order valence-electron chi connectivity index (χ1n) is 10.6. The van der Waals surface area contributed by atoms with Crippen molar-refractivity contribution in [1.82, 2.24) is 16.0 Å². The van der Waals surface area contributed by atoms with Crippen molar-refractivity contribution in [1.29, 1.82) is 0 Å². The van der Waals surface area contributed by atoms with Crippen molar-refractivity contribution in [2.24, 2.45) is 11.7 Å². The maximum absolute atomic E-state index is 12.0. The Bertz CT molecular complexity index is 774. The quantitative estimate of drug-likeness (QED) is 0.145. The van der Waals surface area contributed by atoms with Gasteiger partial charge in [-0.2, -0.15) is 6.41 Å². The molecule has 1 rings (SSSR count). The normalized spacial score (nSPS) is 10.1. The molecule has 0 aromatic heterocycles. The summed E-state index contributed by atoms with van der Waals surface area (Å²) in [7, 11) is 0. The fourth-order valence-corrected chi connectivity index (χ4v) is 2.28. The average Bonchev–Trinajstić information content (AvgIpc) is 2.79. The van der Waals surface area contributed by atoms with Gasteiger partial charge in [0.25, 0.3) is 0 Å². The van der Waals surface area contributed by atoms with Crippen molar-refractivity contribution in [3.05, 3.63) is 37.3 Å². The smallest absolute Gasteiger partial charge is 0.312 e. The van der Waals surface area contributed by atoms with Gasteiger partial charge in [0.1, 0.15) is 6.61 Å². The number of rotatable bonds is 12. The van der Waals surface area contributed by atoms with Crippen LogP contribution in [0.1, 0.15) is 46.1 Å². The Morgan fingerprint density at radius 1 is 1.06 bits per heavy atom. The van der Waals surface area contributed by atoms with Crippen LogP contribution in [-0.4, -0.2) is 49.4 Å². The molecule has 0 fully saturated rings. The largest absolute Gasteiger partial charge is 0.520 e. The molecule has 1 radical (unpaired) electrons. The zero-order valence-corrected chi connectivity index (χ0v) is 23.9. The number of hydrogen-bond acceptors (Lipinski definition) is 6. The van der Waals surface area contributed by atoms with Crippen molar-refractivity contribution in [2.45, 2.75) is 53.2 Å². The molecule has 0 aliphatic heterocycles. The predicted molar refractivity (Wildman–Crippen MR) is 130 cm³/mol. The average molecular weight is 568 g/mol. The number of nitrogens with two attached hydrogens (primary N) is 1. The number of carbonyl (C=O) groups excluding carboxylic acids is 5. The van der Waals surface area contributed by atoms with Crippen LogP contribution in [0.2, 0.25) is 0 Å². The maximum Gasteiger partial charge on any atom is 0.312 e. The van der Waals surface area contributed by atoms with Crippen LogP contribution < -0.4 is 27.0 Å². The van der Waals surface area contributed by atoms with Gasteiger partial charge in [-0.15, -0.1) is 0 Å². The van der Waals surface area contributed by atoms with E-state index in [1.165, 1.54) is 6.41 Å². The van der Waals surface area contributed by atoms with Crippen LogP contribution in [0.25, 0.3) is 0 Å². The fourth-order valence-electron chi connectivity index (χ4n) is 2.28. The molecule has 0 saturated carbocycles. The molecule has 0 heterocycles. The summed E-state index contributed by atoms with van der Waals surface area (Å²) in [5.41, 5.74) is 6.08. The number of esters is 1. The van der Waals surface area contributed by atoms with Crippen molar-refractivity contribution >= 4 is 35.9 Å². The predicted octanol–water partition coefficient (Wildman–Crippen LogP) is 1.39. The number of ether oxygens (including phenoxy) is 1. The number of primary amides is 1. The van der Waals surface area contributed by atoms with Crippen molar-refractivity contribution < 1.29 is 61.4 Å². The summed E-state index contributed by atoms with van der Waals surface area (Å²) < 4.78 is 5.02. The third kappa shape index (κ3) is 18.5. The van der Waals surface area contributed by atoms with Crippen LogP contribution in [0.3, 0.4) is 0 Å². The number of urea groups is 1. The van der Waals surface area contributed by atoms with Crippen molar-refractivity contribution in [3.8, 4) is 0 Å². The molecule has 1 atom stereocenters. The first-order chi connectivity index (χ1) is 15.6. The van der Waals surface area contributed by atoms with E-state index in [9.17, 15) is 24.0 Å². The molecule has 0 aliphatic carbocycles. The van der Waals surface area contributed by atoms with E-state index in [2.05, 4.69) is 21.3 Å². The zero-order valence-electron chi connectivity index (χ0n) is 21.1. The molecule has 35 heavy (non-hydrogen) atoms. The second-order valence-electron chi connectivity index (χ2n) is 7.24. The van der Waals surface area contributed by atoms with E-state index < -0.39 is 23.9 Å². The summed E-state index contributed by atoms with van der Waals surface area (Å²) in [4.78, 5) is 55.3. The molecule has 1 unspecified atom stereocenters. The minimum absolute atomic E-state index is 0. The summed E-state index contributed by atoms with van der Waals surface area (Å²) in [6, 6.07) is 5.63. The third-order valence-corrected chi connectivity index (χ3v) is 4.06. The van der Waals surface area contributed by atoms with Crippen molar-refractivity contribution in [3.63, 3.8) is 0 Å². The molecular weight excluding hydrogens is 531 g/mol. The second kappa shape index (κ2) is 22.0. The molecule has 1 aromatic rings. The first kappa shape index (κ1) is 37.0. The van der Waals surface area contributed by atoms with Gasteiger partial charge in [0, 0.05) is 51.4 Å². The molecule has 0 bridgehead atoms. The number of carbonyl (C=O) groups is 4. The van der Waals surface area contributed by atoms with E-state index in [0.717, 1.165) is 12.0 Å². The van der Waals surface area contributed by atoms with E-state index >= 15 is 0 Å². The summed E-state index contributed by atoms with van der Waals surface area (Å²) in [5, 5.41) is 9.85. The van der Waals surface area contributed by atoms with E-state index in [1.807, 2.05) is 6.92 Å². The molecule has 1 aromatic carbocycles. The van der Waals surface area contributed by atoms with Gasteiger partial charge in [-0.3, -0.25) is 14.4 Å². The molecule has 5 amide bonds. The Balaban J connectivity index is -0.000000993. The molecule has 12 heteroatoms. The van der Waals surface area contributed by atoms with Crippen LogP contribution in [0.4, 0.5) is 10.5 Å². The van der Waals surface area contributed by atoms with Gasteiger partial charge in [-0.25, -0.2) is 4.79 Å². The summed E-state index contributed by atoms with van der Waals surface area (Å²) in [6.45, 7) is 7.86. The molecule has 11 nitrogen and oxygen atoms in total. The molecule has 0 spiro atoms. The minimum atomic E-state index is -0.745. The number of hydrogen-bond donors (Lipinski definition) is 5. The standard InChI is InChI=1S/C18H24N3O5.C4H10N2O.CH3.Y/c1-4-16(24)26-10-13-5-7-14(8-6-13)21-15(23)9-19-18(25)17(12(2)3)20-11-22;1-2-3-6-4(5)7;;/h5-8,12,17H,4,9-10H2,1-3H3,(H,19,25)(H,20,22)(H,21,23);2-3H2,1H3,(H3,5,6,7);1H3;/q-1;;-1;. The number of benzene rings is 1. The monoisotopic (exact) mass is 568 g/mol. The molecule has 0 saturated heterocycles. The Morgan fingerprint density at radius 2 is 1.66 bits per heavy atom. The van der Waals surface area contributed by atoms with Crippen LogP contribution in [0.15, 0.2) is 24.3 Å². The summed E-state index contributed by atoms with van der Waals surface area (Å²) in [5.74, 6) is -1.26. The summed E-state index contributed by atoms with van der Waals surface area (Å²) >= 11 is 0. The molecule has 195 valence electrons. The van der Waals surface area contributed by atoms with Gasteiger partial charge in [0.15, 0.2) is 0 Å². The van der Waals surface area contributed by atoms with E-state index in [1.54, 1.807) is 45.0 Å². The Kier molecular flexibility index (Phi) is 23.2. The van der Waals surface area contributed by atoms with Gasteiger partial charge in [-0.1, -0.05) is 39.8 Å². The SMILES string of the molecule is CCC(=O)OCc1ccc(NC(=O)CNC(=O)C(N[C-]=O)C(C)C)cc1.CCCNC(N)=O.[CH3-].[Y]. The molecule has 6 N–H and O–H groups in total. The van der Waals surface area contributed by atoms with Gasteiger partial charge in [-0.05, 0) is 30.0 Å². The minimum Gasteiger partial charge on any atom is -0.520 e. The van der Waals surface area contributed by atoms with Crippen LogP contribution >= 0.6 is 0 Å². The zero-order chi connectivity index (χ0) is 25.2. The maximum atomic E-state index is 12.0. The number of amides is 5. The summed E-state index contributed by atoms with van der Waals surface area (Å²) in [6.07, 6.45) is 2.74. The molecule has 0 aliphatic rings. The Hall–Kier alpha value is -2.53. The van der Waals surface area contributed by atoms with E-state index in [-0.39, 0.29) is 65.2 Å². The van der Waals surface area contributed by atoms with Crippen LogP contribution in [0.5, 0.6) is 0 Å². The van der Waals surface area contributed by atoms with E-state index in [0.29, 0.717) is 18.7 Å². The molecular formula is C23H37N5O6Y-2. The van der Waals surface area contributed by atoms with E-state index in [4.69, 9.17) is 10.5 Å². The van der Waals surface area contributed by atoms with Gasteiger partial charge < -0.3 is 44.0 Å². The van der Waals surface area contributed by atoms with Crippen molar-refractivity contribution in [2.75, 3.05) is 18.4 Å². The third-order valence-electron chi connectivity index (χ3n) is 4.06. The van der Waals surface area contributed by atoms with Crippen LogP contribution in [-0.2, 0) is 63.2 Å². The van der Waals surface area contributed by atoms with Crippen LogP contribution in [0, 0.1) is 13.3 Å². The fraction of sp³-hybridized carbons (Fsp3) is 0.478. The van der Waals surface area contributed by atoms with Gasteiger partial charge in [0.2, 0.25) is 11.8 Å².